The SMILES string of the molecule is CNc1ccnc(CSc2ccc(OC)cc2)c1. The normalized spacial score (nSPS) is 10.1. The number of rotatable bonds is 5. The number of aromatic nitrogens is 1. The van der Waals surface area contributed by atoms with Crippen LogP contribution in [0.1, 0.15) is 5.69 Å². The van der Waals surface area contributed by atoms with E-state index in [9.17, 15) is 0 Å². The van der Waals surface area contributed by atoms with Gasteiger partial charge in [-0.25, -0.2) is 0 Å². The molecule has 0 radical (unpaired) electrons. The van der Waals surface area contributed by atoms with Crippen molar-refractivity contribution in [3.63, 3.8) is 0 Å². The first-order chi connectivity index (χ1) is 8.81. The Balaban J connectivity index is 1.97. The zero-order valence-corrected chi connectivity index (χ0v) is 11.3. The highest BCUT2D eigenvalue weighted by atomic mass is 32.2. The van der Waals surface area contributed by atoms with Gasteiger partial charge in [0.05, 0.1) is 12.8 Å². The van der Waals surface area contributed by atoms with Gasteiger partial charge in [0.2, 0.25) is 0 Å². The molecule has 0 bridgehead atoms. The van der Waals surface area contributed by atoms with Crippen LogP contribution in [0.4, 0.5) is 5.69 Å². The van der Waals surface area contributed by atoms with E-state index in [1.54, 1.807) is 18.9 Å². The molecule has 3 nitrogen and oxygen atoms in total. The number of hydrogen-bond donors (Lipinski definition) is 1. The summed E-state index contributed by atoms with van der Waals surface area (Å²) >= 11 is 1.77. The van der Waals surface area contributed by atoms with Crippen molar-refractivity contribution in [3.05, 3.63) is 48.3 Å². The molecule has 0 fully saturated rings. The van der Waals surface area contributed by atoms with Gasteiger partial charge in [-0.3, -0.25) is 4.98 Å². The number of thioether (sulfide) groups is 1. The number of anilines is 1. The van der Waals surface area contributed by atoms with Gasteiger partial charge in [-0.05, 0) is 36.4 Å². The number of methoxy groups -OCH3 is 1. The van der Waals surface area contributed by atoms with Crippen molar-refractivity contribution in [2.45, 2.75) is 10.6 Å². The summed E-state index contributed by atoms with van der Waals surface area (Å²) in [6.07, 6.45) is 1.83. The predicted octanol–water partition coefficient (Wildman–Crippen LogP) is 3.42. The molecular weight excluding hydrogens is 244 g/mol. The number of nitrogens with zero attached hydrogens (tertiary/aromatic N) is 1. The molecule has 0 atom stereocenters. The Bertz CT molecular complexity index is 499. The Morgan fingerprint density at radius 1 is 1.22 bits per heavy atom. The van der Waals surface area contributed by atoms with E-state index in [0.29, 0.717) is 0 Å². The molecule has 0 spiro atoms. The van der Waals surface area contributed by atoms with Crippen LogP contribution in [0, 0.1) is 0 Å². The zero-order chi connectivity index (χ0) is 12.8. The van der Waals surface area contributed by atoms with Crippen LogP contribution in [0.25, 0.3) is 0 Å². The molecule has 0 saturated heterocycles. The number of benzene rings is 1. The minimum Gasteiger partial charge on any atom is -0.497 e. The van der Waals surface area contributed by atoms with Crippen molar-refractivity contribution in [2.24, 2.45) is 0 Å². The van der Waals surface area contributed by atoms with Crippen molar-refractivity contribution in [3.8, 4) is 5.75 Å². The molecule has 4 heteroatoms. The lowest BCUT2D eigenvalue weighted by atomic mass is 10.3. The average molecular weight is 260 g/mol. The fourth-order valence-corrected chi connectivity index (χ4v) is 2.34. The predicted molar refractivity (Wildman–Crippen MR) is 76.3 cm³/mol. The Hall–Kier alpha value is -1.68. The van der Waals surface area contributed by atoms with Crippen molar-refractivity contribution in [1.29, 1.82) is 0 Å². The second-order valence-electron chi connectivity index (χ2n) is 3.75. The van der Waals surface area contributed by atoms with E-state index in [1.165, 1.54) is 4.90 Å². The van der Waals surface area contributed by atoms with Crippen LogP contribution < -0.4 is 10.1 Å². The van der Waals surface area contributed by atoms with Crippen molar-refractivity contribution in [2.75, 3.05) is 19.5 Å². The average Bonchev–Trinajstić information content (AvgIpc) is 2.46. The maximum atomic E-state index is 5.13. The summed E-state index contributed by atoms with van der Waals surface area (Å²) in [4.78, 5) is 5.57. The van der Waals surface area contributed by atoms with Crippen LogP contribution in [0.5, 0.6) is 5.75 Å². The highest BCUT2D eigenvalue weighted by Crippen LogP contribution is 2.24. The molecule has 18 heavy (non-hydrogen) atoms. The maximum absolute atomic E-state index is 5.13. The first-order valence-electron chi connectivity index (χ1n) is 5.71. The molecule has 1 N–H and O–H groups in total. The van der Waals surface area contributed by atoms with E-state index in [0.717, 1.165) is 22.9 Å². The summed E-state index contributed by atoms with van der Waals surface area (Å²) in [5.74, 6) is 1.75. The molecule has 1 aromatic carbocycles. The Morgan fingerprint density at radius 3 is 2.67 bits per heavy atom. The molecule has 94 valence electrons. The van der Waals surface area contributed by atoms with Crippen molar-refractivity contribution in [1.82, 2.24) is 4.98 Å². The van der Waals surface area contributed by atoms with Gasteiger partial charge in [0, 0.05) is 29.6 Å². The fraction of sp³-hybridized carbons (Fsp3) is 0.214. The van der Waals surface area contributed by atoms with Crippen LogP contribution in [-0.2, 0) is 5.75 Å². The monoisotopic (exact) mass is 260 g/mol. The number of hydrogen-bond acceptors (Lipinski definition) is 4. The summed E-state index contributed by atoms with van der Waals surface area (Å²) in [6, 6.07) is 12.1. The Labute approximate surface area is 112 Å². The van der Waals surface area contributed by atoms with Gasteiger partial charge >= 0.3 is 0 Å². The third-order valence-electron chi connectivity index (χ3n) is 2.55. The molecule has 2 aromatic rings. The lowest BCUT2D eigenvalue weighted by Crippen LogP contribution is -1.92. The van der Waals surface area contributed by atoms with Crippen LogP contribution in [-0.4, -0.2) is 19.1 Å². The van der Waals surface area contributed by atoms with Gasteiger partial charge in [0.25, 0.3) is 0 Å². The quantitative estimate of drug-likeness (QED) is 0.835. The first kappa shape index (κ1) is 12.8. The van der Waals surface area contributed by atoms with Gasteiger partial charge in [-0.1, -0.05) is 0 Å². The first-order valence-corrected chi connectivity index (χ1v) is 6.70. The van der Waals surface area contributed by atoms with E-state index in [-0.39, 0.29) is 0 Å². The third kappa shape index (κ3) is 3.40. The molecular formula is C14H16N2OS. The van der Waals surface area contributed by atoms with Crippen LogP contribution in [0.2, 0.25) is 0 Å². The minimum absolute atomic E-state index is 0.863. The molecule has 1 aromatic heterocycles. The van der Waals surface area contributed by atoms with Crippen LogP contribution in [0.15, 0.2) is 47.5 Å². The van der Waals surface area contributed by atoms with Gasteiger partial charge in [0.1, 0.15) is 5.75 Å². The summed E-state index contributed by atoms with van der Waals surface area (Å²) in [5, 5.41) is 3.11. The summed E-state index contributed by atoms with van der Waals surface area (Å²) in [6.45, 7) is 0. The van der Waals surface area contributed by atoms with E-state index < -0.39 is 0 Å². The van der Waals surface area contributed by atoms with E-state index in [2.05, 4.69) is 28.5 Å². The molecule has 0 aliphatic carbocycles. The maximum Gasteiger partial charge on any atom is 0.118 e. The van der Waals surface area contributed by atoms with E-state index in [4.69, 9.17) is 4.74 Å². The van der Waals surface area contributed by atoms with Crippen molar-refractivity contribution < 1.29 is 4.74 Å². The lowest BCUT2D eigenvalue weighted by Gasteiger charge is -2.05. The summed E-state index contributed by atoms with van der Waals surface area (Å²) in [5.41, 5.74) is 2.16. The molecule has 0 saturated carbocycles. The second kappa shape index (κ2) is 6.31. The number of pyridine rings is 1. The topological polar surface area (TPSA) is 34.2 Å². The second-order valence-corrected chi connectivity index (χ2v) is 4.80. The smallest absolute Gasteiger partial charge is 0.118 e. The highest BCUT2D eigenvalue weighted by molar-refractivity contribution is 7.98. The van der Waals surface area contributed by atoms with E-state index in [1.807, 2.05) is 31.4 Å². The van der Waals surface area contributed by atoms with Crippen LogP contribution in [0.3, 0.4) is 0 Å². The number of ether oxygens (including phenoxy) is 1. The standard InChI is InChI=1S/C14H16N2OS/c1-15-11-7-8-16-12(9-11)10-18-14-5-3-13(17-2)4-6-14/h3-9H,10H2,1-2H3,(H,15,16). The van der Waals surface area contributed by atoms with E-state index >= 15 is 0 Å². The Kier molecular flexibility index (Phi) is 4.47. The molecule has 1 heterocycles. The Morgan fingerprint density at radius 2 is 2.00 bits per heavy atom. The molecule has 0 aliphatic heterocycles. The zero-order valence-electron chi connectivity index (χ0n) is 10.5. The van der Waals surface area contributed by atoms with Crippen LogP contribution >= 0.6 is 11.8 Å². The van der Waals surface area contributed by atoms with Crippen molar-refractivity contribution >= 4 is 17.4 Å². The summed E-state index contributed by atoms with van der Waals surface area (Å²) < 4.78 is 5.13. The molecule has 2 rings (SSSR count). The molecule has 0 unspecified atom stereocenters. The molecule has 0 aliphatic rings. The summed E-state index contributed by atoms with van der Waals surface area (Å²) in [7, 11) is 3.59. The molecule has 0 amide bonds. The fourth-order valence-electron chi connectivity index (χ4n) is 1.54. The number of nitrogens with one attached hydrogen (secondary N) is 1. The van der Waals surface area contributed by atoms with Gasteiger partial charge in [-0.15, -0.1) is 11.8 Å². The van der Waals surface area contributed by atoms with Gasteiger partial charge < -0.3 is 10.1 Å². The third-order valence-corrected chi connectivity index (χ3v) is 3.60. The van der Waals surface area contributed by atoms with Gasteiger partial charge in [-0.2, -0.15) is 0 Å². The lowest BCUT2D eigenvalue weighted by molar-refractivity contribution is 0.414. The largest absolute Gasteiger partial charge is 0.497 e. The minimum atomic E-state index is 0.863. The highest BCUT2D eigenvalue weighted by Gasteiger charge is 1.99. The van der Waals surface area contributed by atoms with Gasteiger partial charge in [0.15, 0.2) is 0 Å².